The number of carbonyl (C=O) groups is 3. The molecular formula is C14H12N2O4. The third-order valence-electron chi connectivity index (χ3n) is 2.81. The number of para-hydroxylation sites is 1. The van der Waals surface area contributed by atoms with Crippen LogP contribution in [0, 0.1) is 5.92 Å². The van der Waals surface area contributed by atoms with E-state index in [2.05, 4.69) is 5.10 Å². The standard InChI is InChI=1S/C14H12N2O4/c1-9-13(11(17)7-8-12(18)19)14(20)16(15-9)10-5-3-2-4-6-10/h2-8,13H,1H3,(H,18,19)/b8-7-. The van der Waals surface area contributed by atoms with Crippen LogP contribution >= 0.6 is 0 Å². The number of allylic oxidation sites excluding steroid dienone is 1. The number of amides is 1. The van der Waals surface area contributed by atoms with E-state index in [1.807, 2.05) is 0 Å². The molecule has 6 nitrogen and oxygen atoms in total. The average Bonchev–Trinajstić information content (AvgIpc) is 2.72. The Balaban J connectivity index is 2.23. The first-order chi connectivity index (χ1) is 9.50. The lowest BCUT2D eigenvalue weighted by Crippen LogP contribution is -2.31. The molecule has 1 aliphatic rings. The van der Waals surface area contributed by atoms with E-state index in [0.717, 1.165) is 11.1 Å². The maximum absolute atomic E-state index is 12.2. The topological polar surface area (TPSA) is 87.0 Å². The zero-order chi connectivity index (χ0) is 14.7. The zero-order valence-corrected chi connectivity index (χ0v) is 10.7. The lowest BCUT2D eigenvalue weighted by molar-refractivity contribution is -0.132. The Labute approximate surface area is 115 Å². The number of hydrogen-bond acceptors (Lipinski definition) is 4. The Kier molecular flexibility index (Phi) is 3.74. The van der Waals surface area contributed by atoms with Crippen LogP contribution in [-0.2, 0) is 14.4 Å². The van der Waals surface area contributed by atoms with E-state index in [4.69, 9.17) is 5.11 Å². The van der Waals surface area contributed by atoms with Gasteiger partial charge in [0.2, 0.25) is 0 Å². The van der Waals surface area contributed by atoms with Gasteiger partial charge in [-0.2, -0.15) is 10.1 Å². The first-order valence-corrected chi connectivity index (χ1v) is 5.89. The molecule has 0 saturated carbocycles. The van der Waals surface area contributed by atoms with E-state index in [-0.39, 0.29) is 0 Å². The van der Waals surface area contributed by atoms with Crippen LogP contribution in [0.2, 0.25) is 0 Å². The van der Waals surface area contributed by atoms with Gasteiger partial charge < -0.3 is 5.11 Å². The van der Waals surface area contributed by atoms with Gasteiger partial charge in [0.15, 0.2) is 5.78 Å². The van der Waals surface area contributed by atoms with E-state index in [0.29, 0.717) is 17.5 Å². The second kappa shape index (κ2) is 5.48. The molecule has 0 saturated heterocycles. The first-order valence-electron chi connectivity index (χ1n) is 5.89. The van der Waals surface area contributed by atoms with Crippen molar-refractivity contribution in [3.63, 3.8) is 0 Å². The maximum atomic E-state index is 12.2. The summed E-state index contributed by atoms with van der Waals surface area (Å²) in [4.78, 5) is 34.5. The summed E-state index contributed by atoms with van der Waals surface area (Å²) >= 11 is 0. The van der Waals surface area contributed by atoms with E-state index >= 15 is 0 Å². The number of anilines is 1. The predicted molar refractivity (Wildman–Crippen MR) is 72.3 cm³/mol. The number of rotatable bonds is 4. The van der Waals surface area contributed by atoms with Gasteiger partial charge in [-0.15, -0.1) is 0 Å². The van der Waals surface area contributed by atoms with Gasteiger partial charge in [-0.3, -0.25) is 9.59 Å². The number of nitrogens with zero attached hydrogens (tertiary/aromatic N) is 2. The summed E-state index contributed by atoms with van der Waals surface area (Å²) in [6, 6.07) is 8.72. The SMILES string of the molecule is CC1=NN(c2ccccc2)C(=O)C1C(=O)/C=C\C(=O)O. The molecule has 1 heterocycles. The van der Waals surface area contributed by atoms with Crippen molar-refractivity contribution in [3.05, 3.63) is 42.5 Å². The molecule has 0 fully saturated rings. The highest BCUT2D eigenvalue weighted by atomic mass is 16.4. The molecule has 2 rings (SSSR count). The molecule has 0 spiro atoms. The molecule has 1 aromatic carbocycles. The van der Waals surface area contributed by atoms with Crippen molar-refractivity contribution in [2.45, 2.75) is 6.92 Å². The number of carboxylic acid groups (broad SMARTS) is 1. The smallest absolute Gasteiger partial charge is 0.328 e. The summed E-state index contributed by atoms with van der Waals surface area (Å²) in [5, 5.41) is 13.7. The molecule has 0 radical (unpaired) electrons. The van der Waals surface area contributed by atoms with Crippen LogP contribution < -0.4 is 5.01 Å². The Hall–Kier alpha value is -2.76. The van der Waals surface area contributed by atoms with Gasteiger partial charge in [-0.05, 0) is 25.1 Å². The molecule has 0 aromatic heterocycles. The summed E-state index contributed by atoms with van der Waals surface area (Å²) in [5.41, 5.74) is 0.910. The number of hydrazone groups is 1. The summed E-state index contributed by atoms with van der Waals surface area (Å²) in [6.45, 7) is 1.57. The molecule has 102 valence electrons. The van der Waals surface area contributed by atoms with Crippen LogP contribution in [0.25, 0.3) is 0 Å². The molecule has 1 aromatic rings. The van der Waals surface area contributed by atoms with Crippen molar-refractivity contribution in [1.29, 1.82) is 0 Å². The molecule has 1 N–H and O–H groups in total. The summed E-state index contributed by atoms with van der Waals surface area (Å²) in [5.74, 6) is -3.35. The van der Waals surface area contributed by atoms with Crippen LogP contribution in [0.4, 0.5) is 5.69 Å². The second-order valence-corrected chi connectivity index (χ2v) is 4.23. The first kappa shape index (κ1) is 13.7. The third kappa shape index (κ3) is 2.64. The predicted octanol–water partition coefficient (Wildman–Crippen LogP) is 1.24. The van der Waals surface area contributed by atoms with Crippen molar-refractivity contribution in [2.24, 2.45) is 11.0 Å². The maximum Gasteiger partial charge on any atom is 0.328 e. The van der Waals surface area contributed by atoms with Crippen molar-refractivity contribution in [2.75, 3.05) is 5.01 Å². The third-order valence-corrected chi connectivity index (χ3v) is 2.81. The van der Waals surface area contributed by atoms with E-state index < -0.39 is 23.6 Å². The molecule has 20 heavy (non-hydrogen) atoms. The van der Waals surface area contributed by atoms with Gasteiger partial charge in [-0.25, -0.2) is 4.79 Å². The van der Waals surface area contributed by atoms with E-state index in [1.54, 1.807) is 37.3 Å². The van der Waals surface area contributed by atoms with Crippen LogP contribution in [0.5, 0.6) is 0 Å². The van der Waals surface area contributed by atoms with Gasteiger partial charge in [0.05, 0.1) is 11.4 Å². The number of benzene rings is 1. The van der Waals surface area contributed by atoms with Crippen LogP contribution in [-0.4, -0.2) is 28.5 Å². The van der Waals surface area contributed by atoms with Gasteiger partial charge in [0, 0.05) is 6.08 Å². The Morgan fingerprint density at radius 2 is 1.90 bits per heavy atom. The minimum absolute atomic E-state index is 0.346. The van der Waals surface area contributed by atoms with Crippen molar-refractivity contribution < 1.29 is 19.5 Å². The molecule has 1 amide bonds. The largest absolute Gasteiger partial charge is 0.478 e. The summed E-state index contributed by atoms with van der Waals surface area (Å²) < 4.78 is 0. The fourth-order valence-corrected chi connectivity index (χ4v) is 1.90. The Bertz CT molecular complexity index is 619. The Morgan fingerprint density at radius 1 is 1.25 bits per heavy atom. The number of ketones is 1. The highest BCUT2D eigenvalue weighted by molar-refractivity contribution is 6.29. The molecule has 1 aliphatic heterocycles. The monoisotopic (exact) mass is 272 g/mol. The second-order valence-electron chi connectivity index (χ2n) is 4.23. The minimum Gasteiger partial charge on any atom is -0.478 e. The van der Waals surface area contributed by atoms with E-state index in [9.17, 15) is 14.4 Å². The van der Waals surface area contributed by atoms with Crippen molar-refractivity contribution in [3.8, 4) is 0 Å². The van der Waals surface area contributed by atoms with Crippen molar-refractivity contribution >= 4 is 29.1 Å². The molecular weight excluding hydrogens is 260 g/mol. The number of carboxylic acids is 1. The van der Waals surface area contributed by atoms with Crippen LogP contribution in [0.3, 0.4) is 0 Å². The van der Waals surface area contributed by atoms with Gasteiger partial charge in [0.25, 0.3) is 5.91 Å². The fourth-order valence-electron chi connectivity index (χ4n) is 1.90. The summed E-state index contributed by atoms with van der Waals surface area (Å²) in [6.07, 6.45) is 1.60. The van der Waals surface area contributed by atoms with Gasteiger partial charge in [-0.1, -0.05) is 18.2 Å². The molecule has 6 heteroatoms. The highest BCUT2D eigenvalue weighted by Crippen LogP contribution is 2.24. The molecule has 0 bridgehead atoms. The molecule has 0 aliphatic carbocycles. The lowest BCUT2D eigenvalue weighted by Gasteiger charge is -2.12. The Morgan fingerprint density at radius 3 is 2.50 bits per heavy atom. The average molecular weight is 272 g/mol. The quantitative estimate of drug-likeness (QED) is 0.659. The van der Waals surface area contributed by atoms with Crippen molar-refractivity contribution in [1.82, 2.24) is 0 Å². The van der Waals surface area contributed by atoms with Gasteiger partial charge in [0.1, 0.15) is 5.92 Å². The van der Waals surface area contributed by atoms with Gasteiger partial charge >= 0.3 is 5.97 Å². The van der Waals surface area contributed by atoms with E-state index in [1.165, 1.54) is 0 Å². The molecule has 1 unspecified atom stereocenters. The molecule has 1 atom stereocenters. The number of aliphatic carboxylic acids is 1. The highest BCUT2D eigenvalue weighted by Gasteiger charge is 2.38. The summed E-state index contributed by atoms with van der Waals surface area (Å²) in [7, 11) is 0. The zero-order valence-electron chi connectivity index (χ0n) is 10.7. The van der Waals surface area contributed by atoms with Crippen LogP contribution in [0.15, 0.2) is 47.6 Å². The minimum atomic E-state index is -1.24. The van der Waals surface area contributed by atoms with Crippen LogP contribution in [0.1, 0.15) is 6.92 Å². The number of carbonyl (C=O) groups excluding carboxylic acids is 2. The number of hydrogen-bond donors (Lipinski definition) is 1. The fraction of sp³-hybridized carbons (Fsp3) is 0.143. The normalized spacial score (nSPS) is 18.4. The lowest BCUT2D eigenvalue weighted by atomic mass is 9.98.